The third kappa shape index (κ3) is 3.01. The van der Waals surface area contributed by atoms with Crippen LogP contribution in [0.3, 0.4) is 0 Å². The lowest BCUT2D eigenvalue weighted by Gasteiger charge is -2.04. The van der Waals surface area contributed by atoms with Crippen molar-refractivity contribution in [1.29, 1.82) is 0 Å². The number of hydrogen-bond acceptors (Lipinski definition) is 1. The highest BCUT2D eigenvalue weighted by Crippen LogP contribution is 2.17. The summed E-state index contributed by atoms with van der Waals surface area (Å²) in [6.45, 7) is 0. The Bertz CT molecular complexity index is 596. The van der Waals surface area contributed by atoms with Gasteiger partial charge >= 0.3 is 0 Å². The maximum Gasteiger partial charge on any atom is 0.170 e. The van der Waals surface area contributed by atoms with Crippen molar-refractivity contribution in [3.05, 3.63) is 69.7 Å². The molecular weight excluding hydrogens is 302 g/mol. The van der Waals surface area contributed by atoms with E-state index in [1.54, 1.807) is 6.07 Å². The standard InChI is InChI=1S/C14H9BrF2O/c15-10-4-5-13(17)12(8-10)14(18)7-9-2-1-3-11(16)6-9/h1-6,8H,7H2. The second-order valence-electron chi connectivity index (χ2n) is 3.85. The Hall–Kier alpha value is -1.55. The SMILES string of the molecule is O=C(Cc1cccc(F)c1)c1cc(Br)ccc1F. The lowest BCUT2D eigenvalue weighted by atomic mass is 10.0. The van der Waals surface area contributed by atoms with Crippen LogP contribution in [0.25, 0.3) is 0 Å². The van der Waals surface area contributed by atoms with E-state index in [4.69, 9.17) is 0 Å². The highest BCUT2D eigenvalue weighted by molar-refractivity contribution is 9.10. The van der Waals surface area contributed by atoms with Gasteiger partial charge in [-0.1, -0.05) is 28.1 Å². The van der Waals surface area contributed by atoms with Crippen LogP contribution < -0.4 is 0 Å². The van der Waals surface area contributed by atoms with Crippen LogP contribution >= 0.6 is 15.9 Å². The molecule has 2 rings (SSSR count). The molecule has 0 bridgehead atoms. The lowest BCUT2D eigenvalue weighted by Crippen LogP contribution is -2.06. The smallest absolute Gasteiger partial charge is 0.170 e. The second-order valence-corrected chi connectivity index (χ2v) is 4.77. The molecule has 0 radical (unpaired) electrons. The van der Waals surface area contributed by atoms with Gasteiger partial charge in [0, 0.05) is 10.9 Å². The summed E-state index contributed by atoms with van der Waals surface area (Å²) in [5.41, 5.74) is 0.535. The first kappa shape index (κ1) is 12.9. The molecule has 18 heavy (non-hydrogen) atoms. The first-order chi connectivity index (χ1) is 8.56. The van der Waals surface area contributed by atoms with Crippen molar-refractivity contribution < 1.29 is 13.6 Å². The monoisotopic (exact) mass is 310 g/mol. The van der Waals surface area contributed by atoms with Crippen LogP contribution in [-0.2, 0) is 6.42 Å². The van der Waals surface area contributed by atoms with Gasteiger partial charge in [-0.15, -0.1) is 0 Å². The number of Topliss-reactive ketones (excluding diaryl/α,β-unsaturated/α-hetero) is 1. The summed E-state index contributed by atoms with van der Waals surface area (Å²) >= 11 is 3.18. The summed E-state index contributed by atoms with van der Waals surface area (Å²) in [5.74, 6) is -1.35. The molecule has 0 aliphatic heterocycles. The van der Waals surface area contributed by atoms with Crippen molar-refractivity contribution in [3.63, 3.8) is 0 Å². The molecule has 0 fully saturated rings. The molecule has 0 amide bonds. The van der Waals surface area contributed by atoms with Crippen LogP contribution in [0.15, 0.2) is 46.9 Å². The first-order valence-electron chi connectivity index (χ1n) is 5.29. The van der Waals surface area contributed by atoms with Crippen molar-refractivity contribution in [2.45, 2.75) is 6.42 Å². The van der Waals surface area contributed by atoms with Crippen molar-refractivity contribution >= 4 is 21.7 Å². The van der Waals surface area contributed by atoms with Gasteiger partial charge in [0.1, 0.15) is 11.6 Å². The van der Waals surface area contributed by atoms with E-state index in [9.17, 15) is 13.6 Å². The Morgan fingerprint density at radius 1 is 1.11 bits per heavy atom. The van der Waals surface area contributed by atoms with Gasteiger partial charge in [-0.25, -0.2) is 8.78 Å². The molecule has 0 aliphatic carbocycles. The zero-order valence-electron chi connectivity index (χ0n) is 9.29. The summed E-state index contributed by atoms with van der Waals surface area (Å²) in [5, 5.41) is 0. The second kappa shape index (κ2) is 5.40. The predicted octanol–water partition coefficient (Wildman–Crippen LogP) is 4.15. The minimum atomic E-state index is -0.570. The van der Waals surface area contributed by atoms with Crippen LogP contribution in [0, 0.1) is 11.6 Å². The van der Waals surface area contributed by atoms with Crippen molar-refractivity contribution in [2.24, 2.45) is 0 Å². The minimum absolute atomic E-state index is 0.00800. The van der Waals surface area contributed by atoms with Gasteiger partial charge in [0.25, 0.3) is 0 Å². The number of halogens is 3. The highest BCUT2D eigenvalue weighted by Gasteiger charge is 2.13. The average molecular weight is 311 g/mol. The van der Waals surface area contributed by atoms with Crippen molar-refractivity contribution in [3.8, 4) is 0 Å². The summed E-state index contributed by atoms with van der Waals surface area (Å²) in [7, 11) is 0. The Labute approximate surface area is 112 Å². The minimum Gasteiger partial charge on any atom is -0.294 e. The van der Waals surface area contributed by atoms with Gasteiger partial charge in [-0.05, 0) is 35.9 Å². The quantitative estimate of drug-likeness (QED) is 0.778. The van der Waals surface area contributed by atoms with Crippen LogP contribution in [0.5, 0.6) is 0 Å². The molecule has 2 aromatic carbocycles. The Morgan fingerprint density at radius 2 is 1.89 bits per heavy atom. The molecule has 0 spiro atoms. The number of ketones is 1. The molecule has 0 aliphatic rings. The van der Waals surface area contributed by atoms with Crippen LogP contribution in [0.2, 0.25) is 0 Å². The fraction of sp³-hybridized carbons (Fsp3) is 0.0714. The predicted molar refractivity (Wildman–Crippen MR) is 68.5 cm³/mol. The normalized spacial score (nSPS) is 10.4. The molecule has 1 nitrogen and oxygen atoms in total. The molecule has 0 N–H and O–H groups in total. The zero-order chi connectivity index (χ0) is 13.1. The summed E-state index contributed by atoms with van der Waals surface area (Å²) in [6.07, 6.45) is -0.0227. The average Bonchev–Trinajstić information content (AvgIpc) is 2.32. The van der Waals surface area contributed by atoms with E-state index in [2.05, 4.69) is 15.9 Å². The van der Waals surface area contributed by atoms with Gasteiger partial charge in [0.05, 0.1) is 5.56 Å². The topological polar surface area (TPSA) is 17.1 Å². The number of hydrogen-bond donors (Lipinski definition) is 0. The van der Waals surface area contributed by atoms with E-state index in [0.717, 1.165) is 0 Å². The highest BCUT2D eigenvalue weighted by atomic mass is 79.9. The maximum absolute atomic E-state index is 13.5. The summed E-state index contributed by atoms with van der Waals surface area (Å²) in [4.78, 5) is 11.9. The third-order valence-electron chi connectivity index (χ3n) is 2.48. The number of carbonyl (C=O) groups excluding carboxylic acids is 1. The van der Waals surface area contributed by atoms with E-state index < -0.39 is 11.6 Å². The molecule has 92 valence electrons. The Morgan fingerprint density at radius 3 is 2.61 bits per heavy atom. The van der Waals surface area contributed by atoms with Crippen LogP contribution in [-0.4, -0.2) is 5.78 Å². The largest absolute Gasteiger partial charge is 0.294 e. The van der Waals surface area contributed by atoms with E-state index in [1.165, 1.54) is 36.4 Å². The van der Waals surface area contributed by atoms with Crippen molar-refractivity contribution in [2.75, 3.05) is 0 Å². The molecule has 0 heterocycles. The van der Waals surface area contributed by atoms with E-state index in [0.29, 0.717) is 10.0 Å². The molecule has 0 unspecified atom stereocenters. The molecule has 0 saturated carbocycles. The maximum atomic E-state index is 13.5. The molecular formula is C14H9BrF2O. The zero-order valence-corrected chi connectivity index (χ0v) is 10.9. The van der Waals surface area contributed by atoms with Gasteiger partial charge in [-0.3, -0.25) is 4.79 Å². The van der Waals surface area contributed by atoms with Crippen LogP contribution in [0.1, 0.15) is 15.9 Å². The number of rotatable bonds is 3. The van der Waals surface area contributed by atoms with Crippen LogP contribution in [0.4, 0.5) is 8.78 Å². The summed E-state index contributed by atoms with van der Waals surface area (Å²) in [6, 6.07) is 9.90. The van der Waals surface area contributed by atoms with Gasteiger partial charge in [0.15, 0.2) is 5.78 Å². The molecule has 0 atom stereocenters. The molecule has 0 aromatic heterocycles. The third-order valence-corrected chi connectivity index (χ3v) is 2.98. The van der Waals surface area contributed by atoms with E-state index in [-0.39, 0.29) is 17.8 Å². The van der Waals surface area contributed by atoms with Crippen molar-refractivity contribution in [1.82, 2.24) is 0 Å². The van der Waals surface area contributed by atoms with Gasteiger partial charge in [-0.2, -0.15) is 0 Å². The Kier molecular flexibility index (Phi) is 3.87. The first-order valence-corrected chi connectivity index (χ1v) is 6.08. The lowest BCUT2D eigenvalue weighted by molar-refractivity contribution is 0.0989. The molecule has 0 saturated heterocycles. The van der Waals surface area contributed by atoms with E-state index in [1.807, 2.05) is 0 Å². The number of carbonyl (C=O) groups is 1. The van der Waals surface area contributed by atoms with E-state index >= 15 is 0 Å². The molecule has 4 heteroatoms. The molecule has 2 aromatic rings. The fourth-order valence-corrected chi connectivity index (χ4v) is 2.00. The van der Waals surface area contributed by atoms with Gasteiger partial charge < -0.3 is 0 Å². The van der Waals surface area contributed by atoms with Gasteiger partial charge in [0.2, 0.25) is 0 Å². The number of benzene rings is 2. The Balaban J connectivity index is 2.24. The summed E-state index contributed by atoms with van der Waals surface area (Å²) < 4.78 is 27.1. The fourth-order valence-electron chi connectivity index (χ4n) is 1.64.